The summed E-state index contributed by atoms with van der Waals surface area (Å²) in [4.78, 5) is 89.1. The molecule has 0 aliphatic carbocycles. The zero-order valence-corrected chi connectivity index (χ0v) is 51.7. The number of benzene rings is 3. The Morgan fingerprint density at radius 2 is 1.28 bits per heavy atom. The minimum atomic E-state index is -4.44. The monoisotopic (exact) mass is 1330 g/mol. The predicted octanol–water partition coefficient (Wildman–Crippen LogP) is -0.501. The van der Waals surface area contributed by atoms with Crippen molar-refractivity contribution in [1.82, 2.24) is 64.7 Å². The number of rotatable bonds is 32. The van der Waals surface area contributed by atoms with Crippen molar-refractivity contribution in [2.24, 2.45) is 0 Å². The number of hydrogen-bond donors (Lipinski definition) is 12. The molecule has 35 heteroatoms. The van der Waals surface area contributed by atoms with E-state index in [9.17, 15) is 66.0 Å². The number of H-pyrrole nitrogens is 1. The number of fused-ring (bicyclic) bond motifs is 1. The Morgan fingerprint density at radius 3 is 1.81 bits per heavy atom. The number of amides is 3. The standard InChI is InChI=1S/C51H68N14O17S3.Y/c1-35(66)30-61-19-23-63(32-46(68)69)25-21-62(22-26-64(24-20-61)33-47(70)71)31-45(67)59-43(34-83-82-81-76)49(73)52-16-17-58-84(77,78)40-8-3-36(4-9-40)37-5-10-41(11-6-37)85(79,80)60-42(50(74)75)29-56-48(72)38-7-12-44-39(27-38)28-57-65(44)18-2-13-53-51-54-14-15-55-51;/h3-12,14-15,27-28,42-43,58,60,66,76H,1-2,13,16-26,29-34H2,(H,52,73)(H,56,72)(H,59,67)(H,68,69)(H,70,71)(H,74,75)(H2,53,54,55);/t42-,43?;/m0./s1. The van der Waals surface area contributed by atoms with E-state index < -0.39 is 74.3 Å². The predicted molar refractivity (Wildman–Crippen MR) is 308 cm³/mol. The summed E-state index contributed by atoms with van der Waals surface area (Å²) in [6.45, 7) is 4.61. The molecule has 3 amide bonds. The summed E-state index contributed by atoms with van der Waals surface area (Å²) >= 11 is 0.470. The van der Waals surface area contributed by atoms with Gasteiger partial charge < -0.3 is 46.7 Å². The maximum Gasteiger partial charge on any atom is 0.323 e. The molecule has 12 N–H and O–H groups in total. The van der Waals surface area contributed by atoms with E-state index in [0.29, 0.717) is 60.7 Å². The number of aliphatic carboxylic acids is 3. The number of carbonyl (C=O) groups is 6. The molecule has 3 aromatic carbocycles. The summed E-state index contributed by atoms with van der Waals surface area (Å²) in [6, 6.07) is 12.7. The van der Waals surface area contributed by atoms with Gasteiger partial charge in [0.15, 0.2) is 5.95 Å². The second-order valence-electron chi connectivity index (χ2n) is 19.3. The van der Waals surface area contributed by atoms with Crippen molar-refractivity contribution in [3.63, 3.8) is 0 Å². The molecule has 6 rings (SSSR count). The van der Waals surface area contributed by atoms with Gasteiger partial charge in [0.25, 0.3) is 5.91 Å². The molecule has 1 saturated heterocycles. The molecule has 31 nitrogen and oxygen atoms in total. The van der Waals surface area contributed by atoms with Gasteiger partial charge in [-0.2, -0.15) is 9.82 Å². The first-order chi connectivity index (χ1) is 40.6. The Morgan fingerprint density at radius 1 is 0.709 bits per heavy atom. The van der Waals surface area contributed by atoms with Crippen LogP contribution in [0.2, 0.25) is 0 Å². The summed E-state index contributed by atoms with van der Waals surface area (Å²) in [5.41, 5.74) is 1.94. The largest absolute Gasteiger partial charge is 0.512 e. The van der Waals surface area contributed by atoms with Gasteiger partial charge in [0.05, 0.1) is 59.2 Å². The first-order valence-electron chi connectivity index (χ1n) is 26.4. The minimum Gasteiger partial charge on any atom is -0.512 e. The summed E-state index contributed by atoms with van der Waals surface area (Å²) in [7, 11) is -8.61. The van der Waals surface area contributed by atoms with Gasteiger partial charge in [-0.3, -0.25) is 53.0 Å². The third kappa shape index (κ3) is 23.0. The van der Waals surface area contributed by atoms with Crippen LogP contribution in [-0.4, -0.2) is 240 Å². The first kappa shape index (κ1) is 70.3. The molecule has 1 aliphatic heterocycles. The topological polar surface area (TPSA) is 422 Å². The number of carbonyl (C=O) groups excluding carboxylic acids is 3. The average Bonchev–Trinajstić information content (AvgIpc) is 3.50. The van der Waals surface area contributed by atoms with Gasteiger partial charge in [-0.05, 0) is 60.0 Å². The molecule has 86 heavy (non-hydrogen) atoms. The van der Waals surface area contributed by atoms with Crippen LogP contribution in [0.25, 0.3) is 22.0 Å². The van der Waals surface area contributed by atoms with Crippen molar-refractivity contribution in [2.45, 2.75) is 34.8 Å². The van der Waals surface area contributed by atoms with Gasteiger partial charge in [-0.1, -0.05) is 35.9 Å². The zero-order chi connectivity index (χ0) is 61.5. The average molecular weight is 1330 g/mol. The van der Waals surface area contributed by atoms with Crippen LogP contribution in [0.5, 0.6) is 0 Å². The second kappa shape index (κ2) is 34.7. The quantitative estimate of drug-likeness (QED) is 0.00849. The number of aliphatic hydroxyl groups excluding tert-OH is 1. The number of anilines is 1. The van der Waals surface area contributed by atoms with E-state index in [4.69, 9.17) is 5.26 Å². The number of aliphatic hydroxyl groups is 1. The molecular formula is C51H68N14O17S3Y. The number of imidazole rings is 1. The van der Waals surface area contributed by atoms with Gasteiger partial charge >= 0.3 is 17.9 Å². The fourth-order valence-corrected chi connectivity index (χ4v) is 11.5. The molecule has 3 heterocycles. The van der Waals surface area contributed by atoms with Gasteiger partial charge in [-0.25, -0.2) is 31.8 Å². The van der Waals surface area contributed by atoms with Crippen LogP contribution < -0.4 is 30.7 Å². The maximum atomic E-state index is 13.5. The van der Waals surface area contributed by atoms with Crippen molar-refractivity contribution in [3.05, 3.63) is 103 Å². The number of carboxylic acids is 3. The van der Waals surface area contributed by atoms with Crippen LogP contribution in [0.4, 0.5) is 5.95 Å². The van der Waals surface area contributed by atoms with Gasteiger partial charge in [-0.15, -0.1) is 4.33 Å². The van der Waals surface area contributed by atoms with Gasteiger partial charge in [0, 0.05) is 153 Å². The number of aryl methyl sites for hydroxylation is 1. The molecule has 5 aromatic rings. The van der Waals surface area contributed by atoms with Crippen molar-refractivity contribution in [3.8, 4) is 11.1 Å². The number of nitrogens with zero attached hydrogens (tertiary/aromatic N) is 7. The summed E-state index contributed by atoms with van der Waals surface area (Å²) in [6.07, 6.45) is 5.68. The smallest absolute Gasteiger partial charge is 0.323 e. The number of aromatic amines is 1. The fourth-order valence-electron chi connectivity index (χ4n) is 8.76. The summed E-state index contributed by atoms with van der Waals surface area (Å²) in [5, 5.41) is 67.0. The molecule has 1 radical (unpaired) electrons. The minimum absolute atomic E-state index is 0. The molecule has 1 unspecified atom stereocenters. The van der Waals surface area contributed by atoms with E-state index in [-0.39, 0.29) is 138 Å². The molecule has 2 atom stereocenters. The first-order valence-corrected chi connectivity index (χ1v) is 30.3. The molecule has 2 aromatic heterocycles. The normalized spacial score (nSPS) is 15.0. The van der Waals surface area contributed by atoms with E-state index >= 15 is 0 Å². The number of hydrogen-bond acceptors (Lipinski definition) is 22. The third-order valence-electron chi connectivity index (χ3n) is 13.1. The number of aromatic nitrogens is 4. The van der Waals surface area contributed by atoms with Crippen molar-refractivity contribution in [1.29, 1.82) is 0 Å². The van der Waals surface area contributed by atoms with Crippen LogP contribution in [0.1, 0.15) is 16.8 Å². The third-order valence-corrected chi connectivity index (χ3v) is 16.7. The van der Waals surface area contributed by atoms with Gasteiger partial charge in [0.1, 0.15) is 12.1 Å². The summed E-state index contributed by atoms with van der Waals surface area (Å²) < 4.78 is 64.0. The van der Waals surface area contributed by atoms with Gasteiger partial charge in [0.2, 0.25) is 31.9 Å². The van der Waals surface area contributed by atoms with Crippen LogP contribution in [-0.2, 0) is 92.6 Å². The van der Waals surface area contributed by atoms with Crippen LogP contribution in [0, 0.1) is 0 Å². The summed E-state index contributed by atoms with van der Waals surface area (Å²) in [5.74, 6) is -5.53. The molecule has 465 valence electrons. The molecular weight excluding hydrogens is 1270 g/mol. The van der Waals surface area contributed by atoms with Crippen LogP contribution in [0.15, 0.2) is 107 Å². The van der Waals surface area contributed by atoms with E-state index in [1.807, 2.05) is 4.90 Å². The van der Waals surface area contributed by atoms with Crippen LogP contribution >= 0.6 is 12.0 Å². The number of carboxylic acid groups (broad SMARTS) is 3. The fraction of sp³-hybridized carbons (Fsp3) is 0.412. The van der Waals surface area contributed by atoms with Crippen LogP contribution in [0.3, 0.4) is 0 Å². The Bertz CT molecular complexity index is 3260. The van der Waals surface area contributed by atoms with E-state index in [1.165, 1.54) is 48.5 Å². The van der Waals surface area contributed by atoms with Crippen molar-refractivity contribution in [2.75, 3.05) is 116 Å². The SMILES string of the molecule is C=C(O)CN1CCN(CC(=O)O)CCN(CC(=O)NC(CSOOO)C(=O)NCCNS(=O)(=O)c2ccc(-c3ccc(S(=O)(=O)N[C@@H](CNC(=O)c4ccc5c(cnn5CCCNc5ncc[nH]5)c4)C(=O)O)cc3)cc2)CCN(CC(=O)O)CC1.[Y]. The van der Waals surface area contributed by atoms with Crippen molar-refractivity contribution < 1.29 is 113 Å². The molecule has 1 aliphatic rings. The zero-order valence-electron chi connectivity index (χ0n) is 46.4. The molecule has 0 bridgehead atoms. The van der Waals surface area contributed by atoms with E-state index in [1.54, 1.807) is 56.2 Å². The Labute approximate surface area is 524 Å². The van der Waals surface area contributed by atoms with E-state index in [2.05, 4.69) is 61.7 Å². The second-order valence-corrected chi connectivity index (χ2v) is 23.5. The Balaban J connectivity index is 0.0000135. The molecule has 1 fully saturated rings. The molecule has 0 saturated carbocycles. The van der Waals surface area contributed by atoms with Crippen molar-refractivity contribution >= 4 is 84.6 Å². The molecule has 0 spiro atoms. The Kier molecular flexibility index (Phi) is 28.4. The Hall–Kier alpha value is -6.51. The maximum absolute atomic E-state index is 13.5. The number of sulfonamides is 2. The van der Waals surface area contributed by atoms with E-state index in [0.717, 1.165) is 11.9 Å². The number of nitrogens with one attached hydrogen (secondary N) is 7.